The van der Waals surface area contributed by atoms with Crippen LogP contribution >= 0.6 is 0 Å². The zero-order valence-electron chi connectivity index (χ0n) is 10.6. The van der Waals surface area contributed by atoms with E-state index in [1.807, 2.05) is 4.72 Å². The van der Waals surface area contributed by atoms with E-state index >= 15 is 0 Å². The third kappa shape index (κ3) is 3.20. The lowest BCUT2D eigenvalue weighted by molar-refractivity contribution is 0.153. The maximum Gasteiger partial charge on any atom is 0.251 e. The first kappa shape index (κ1) is 14.6. The predicted molar refractivity (Wildman–Crippen MR) is 72.5 cm³/mol. The van der Waals surface area contributed by atoms with Gasteiger partial charge in [-0.15, -0.1) is 0 Å². The number of hydrogen-bond acceptors (Lipinski definition) is 4. The molecule has 0 amide bonds. The van der Waals surface area contributed by atoms with Gasteiger partial charge in [0, 0.05) is 12.4 Å². The van der Waals surface area contributed by atoms with Crippen LogP contribution in [-0.4, -0.2) is 33.4 Å². The SMILES string of the molecule is CNc1ccc2cc(S(=O)(=O)NCC(F)F)ccc2n1. The Morgan fingerprint density at radius 3 is 2.65 bits per heavy atom. The molecule has 0 atom stereocenters. The number of nitrogens with zero attached hydrogens (tertiary/aromatic N) is 1. The van der Waals surface area contributed by atoms with Crippen LogP contribution in [-0.2, 0) is 10.0 Å². The summed E-state index contributed by atoms with van der Waals surface area (Å²) in [6.45, 7) is -0.905. The summed E-state index contributed by atoms with van der Waals surface area (Å²) in [4.78, 5) is 4.18. The van der Waals surface area contributed by atoms with E-state index in [9.17, 15) is 17.2 Å². The van der Waals surface area contributed by atoms with Crippen molar-refractivity contribution in [3.05, 3.63) is 30.3 Å². The molecule has 0 fully saturated rings. The lowest BCUT2D eigenvalue weighted by Crippen LogP contribution is -2.28. The highest BCUT2D eigenvalue weighted by Gasteiger charge is 2.16. The second-order valence-corrected chi connectivity index (χ2v) is 5.81. The van der Waals surface area contributed by atoms with Gasteiger partial charge in [0.05, 0.1) is 17.0 Å². The quantitative estimate of drug-likeness (QED) is 0.883. The van der Waals surface area contributed by atoms with E-state index in [4.69, 9.17) is 0 Å². The Kier molecular flexibility index (Phi) is 4.15. The van der Waals surface area contributed by atoms with Gasteiger partial charge < -0.3 is 5.32 Å². The van der Waals surface area contributed by atoms with E-state index < -0.39 is 23.0 Å². The van der Waals surface area contributed by atoms with Gasteiger partial charge in [-0.3, -0.25) is 0 Å². The van der Waals surface area contributed by atoms with Gasteiger partial charge in [0.2, 0.25) is 10.0 Å². The highest BCUT2D eigenvalue weighted by Crippen LogP contribution is 2.19. The lowest BCUT2D eigenvalue weighted by atomic mass is 10.2. The normalized spacial score (nSPS) is 12.0. The molecule has 2 aromatic rings. The molecular formula is C12H13F2N3O2S. The van der Waals surface area contributed by atoms with E-state index in [1.165, 1.54) is 18.2 Å². The molecule has 0 aliphatic heterocycles. The molecule has 1 aromatic heterocycles. The molecule has 1 heterocycles. The molecule has 0 unspecified atom stereocenters. The second-order valence-electron chi connectivity index (χ2n) is 4.04. The first-order chi connectivity index (χ1) is 9.42. The Bertz CT molecular complexity index is 720. The van der Waals surface area contributed by atoms with Crippen LogP contribution in [0, 0.1) is 0 Å². The van der Waals surface area contributed by atoms with Crippen LogP contribution < -0.4 is 10.0 Å². The molecule has 20 heavy (non-hydrogen) atoms. The lowest BCUT2D eigenvalue weighted by Gasteiger charge is -2.08. The van der Waals surface area contributed by atoms with Gasteiger partial charge in [0.15, 0.2) is 0 Å². The predicted octanol–water partition coefficient (Wildman–Crippen LogP) is 1.82. The summed E-state index contributed by atoms with van der Waals surface area (Å²) in [5.74, 6) is 0.656. The fourth-order valence-corrected chi connectivity index (χ4v) is 2.71. The van der Waals surface area contributed by atoms with Crippen LogP contribution in [0.2, 0.25) is 0 Å². The third-order valence-corrected chi connectivity index (χ3v) is 4.08. The van der Waals surface area contributed by atoms with Crippen molar-refractivity contribution in [3.8, 4) is 0 Å². The highest BCUT2D eigenvalue weighted by atomic mass is 32.2. The van der Waals surface area contributed by atoms with Crippen molar-refractivity contribution in [1.82, 2.24) is 9.71 Å². The fraction of sp³-hybridized carbons (Fsp3) is 0.250. The van der Waals surface area contributed by atoms with Gasteiger partial charge in [0.1, 0.15) is 5.82 Å². The van der Waals surface area contributed by atoms with Gasteiger partial charge in [-0.05, 0) is 30.3 Å². The Morgan fingerprint density at radius 2 is 2.00 bits per heavy atom. The van der Waals surface area contributed by atoms with Crippen LogP contribution in [0.1, 0.15) is 0 Å². The molecule has 0 spiro atoms. The summed E-state index contributed by atoms with van der Waals surface area (Å²) in [5, 5.41) is 3.49. The van der Waals surface area contributed by atoms with E-state index in [0.717, 1.165) is 0 Å². The number of anilines is 1. The Balaban J connectivity index is 2.36. The molecule has 108 valence electrons. The van der Waals surface area contributed by atoms with E-state index in [0.29, 0.717) is 16.7 Å². The number of halogens is 2. The zero-order valence-corrected chi connectivity index (χ0v) is 11.4. The largest absolute Gasteiger partial charge is 0.373 e. The van der Waals surface area contributed by atoms with Gasteiger partial charge in [-0.25, -0.2) is 26.9 Å². The molecule has 0 saturated heterocycles. The Hall–Kier alpha value is -1.80. The summed E-state index contributed by atoms with van der Waals surface area (Å²) in [5.41, 5.74) is 0.615. The topological polar surface area (TPSA) is 71.1 Å². The molecule has 0 bridgehead atoms. The molecule has 2 rings (SSSR count). The Labute approximate surface area is 115 Å². The van der Waals surface area contributed by atoms with Crippen molar-refractivity contribution in [2.75, 3.05) is 18.9 Å². The van der Waals surface area contributed by atoms with E-state index in [1.54, 1.807) is 19.2 Å². The van der Waals surface area contributed by atoms with E-state index in [2.05, 4.69) is 10.3 Å². The summed E-state index contributed by atoms with van der Waals surface area (Å²) < 4.78 is 49.7. The van der Waals surface area contributed by atoms with Crippen molar-refractivity contribution < 1.29 is 17.2 Å². The van der Waals surface area contributed by atoms with Crippen LogP contribution in [0.15, 0.2) is 35.2 Å². The molecular weight excluding hydrogens is 288 g/mol. The fourth-order valence-electron chi connectivity index (χ4n) is 1.67. The minimum atomic E-state index is -3.94. The number of sulfonamides is 1. The number of aromatic nitrogens is 1. The summed E-state index contributed by atoms with van der Waals surface area (Å²) in [7, 11) is -2.21. The monoisotopic (exact) mass is 301 g/mol. The molecule has 0 aliphatic carbocycles. The minimum absolute atomic E-state index is 0.0651. The van der Waals surface area contributed by atoms with Crippen molar-refractivity contribution in [2.45, 2.75) is 11.3 Å². The molecule has 2 N–H and O–H groups in total. The molecule has 1 aromatic carbocycles. The van der Waals surface area contributed by atoms with Crippen molar-refractivity contribution in [1.29, 1.82) is 0 Å². The van der Waals surface area contributed by atoms with Crippen molar-refractivity contribution >= 4 is 26.7 Å². The molecule has 5 nitrogen and oxygen atoms in total. The second kappa shape index (κ2) is 5.68. The molecule has 0 aliphatic rings. The first-order valence-electron chi connectivity index (χ1n) is 5.79. The summed E-state index contributed by atoms with van der Waals surface area (Å²) in [6.07, 6.45) is -2.73. The van der Waals surface area contributed by atoms with Crippen LogP contribution in [0.4, 0.5) is 14.6 Å². The number of hydrogen-bond donors (Lipinski definition) is 2. The summed E-state index contributed by atoms with van der Waals surface area (Å²) >= 11 is 0. The molecule has 0 radical (unpaired) electrons. The maximum absolute atomic E-state index is 12.1. The third-order valence-electron chi connectivity index (χ3n) is 2.65. The van der Waals surface area contributed by atoms with Crippen LogP contribution in [0.25, 0.3) is 10.9 Å². The average Bonchev–Trinajstić information content (AvgIpc) is 2.44. The number of benzene rings is 1. The van der Waals surface area contributed by atoms with Gasteiger partial charge in [0.25, 0.3) is 6.43 Å². The zero-order chi connectivity index (χ0) is 14.8. The van der Waals surface area contributed by atoms with E-state index in [-0.39, 0.29) is 4.90 Å². The number of fused-ring (bicyclic) bond motifs is 1. The van der Waals surface area contributed by atoms with Crippen molar-refractivity contribution in [3.63, 3.8) is 0 Å². The Morgan fingerprint density at radius 1 is 1.25 bits per heavy atom. The molecule has 0 saturated carbocycles. The highest BCUT2D eigenvalue weighted by molar-refractivity contribution is 7.89. The van der Waals surface area contributed by atoms with Crippen LogP contribution in [0.5, 0.6) is 0 Å². The number of alkyl halides is 2. The van der Waals surface area contributed by atoms with Crippen LogP contribution in [0.3, 0.4) is 0 Å². The van der Waals surface area contributed by atoms with Gasteiger partial charge >= 0.3 is 0 Å². The first-order valence-corrected chi connectivity index (χ1v) is 7.27. The van der Waals surface area contributed by atoms with Gasteiger partial charge in [-0.1, -0.05) is 0 Å². The average molecular weight is 301 g/mol. The smallest absolute Gasteiger partial charge is 0.251 e. The van der Waals surface area contributed by atoms with Gasteiger partial charge in [-0.2, -0.15) is 0 Å². The number of pyridine rings is 1. The maximum atomic E-state index is 12.1. The summed E-state index contributed by atoms with van der Waals surface area (Å²) in [6, 6.07) is 7.68. The minimum Gasteiger partial charge on any atom is -0.373 e. The molecule has 8 heteroatoms. The standard InChI is InChI=1S/C12H13F2N3O2S/c1-15-12-5-2-8-6-9(3-4-10(8)17-12)20(18,19)16-7-11(13)14/h2-6,11,16H,7H2,1H3,(H,15,17). The number of nitrogens with one attached hydrogen (secondary N) is 2. The van der Waals surface area contributed by atoms with Crippen molar-refractivity contribution in [2.24, 2.45) is 0 Å². The number of rotatable bonds is 5.